The average molecular weight is 282 g/mol. The SMILES string of the molecule is CCCNC(c1ccc2ccccc2n1)c1cccs1. The second-order valence-corrected chi connectivity index (χ2v) is 5.81. The first kappa shape index (κ1) is 13.3. The highest BCUT2D eigenvalue weighted by atomic mass is 32.1. The molecule has 2 nitrogen and oxygen atoms in total. The number of fused-ring (bicyclic) bond motifs is 1. The summed E-state index contributed by atoms with van der Waals surface area (Å²) in [5, 5.41) is 6.91. The fraction of sp³-hybridized carbons (Fsp3) is 0.235. The van der Waals surface area contributed by atoms with Crippen LogP contribution in [0.2, 0.25) is 0 Å². The third kappa shape index (κ3) is 2.74. The van der Waals surface area contributed by atoms with Gasteiger partial charge in [0, 0.05) is 10.3 Å². The largest absolute Gasteiger partial charge is 0.304 e. The molecule has 0 fully saturated rings. The monoisotopic (exact) mass is 282 g/mol. The van der Waals surface area contributed by atoms with Crippen molar-refractivity contribution in [2.75, 3.05) is 6.54 Å². The lowest BCUT2D eigenvalue weighted by atomic mass is 10.1. The highest BCUT2D eigenvalue weighted by Crippen LogP contribution is 2.26. The third-order valence-corrected chi connectivity index (χ3v) is 4.28. The van der Waals surface area contributed by atoms with E-state index in [4.69, 9.17) is 4.98 Å². The molecule has 0 aliphatic carbocycles. The molecule has 0 spiro atoms. The first-order valence-corrected chi connectivity index (χ1v) is 7.89. The maximum Gasteiger partial charge on any atom is 0.0845 e. The van der Waals surface area contributed by atoms with E-state index in [1.54, 1.807) is 11.3 Å². The van der Waals surface area contributed by atoms with Gasteiger partial charge in [-0.05, 0) is 36.5 Å². The van der Waals surface area contributed by atoms with Gasteiger partial charge in [0.2, 0.25) is 0 Å². The van der Waals surface area contributed by atoms with Crippen LogP contribution >= 0.6 is 11.3 Å². The number of nitrogens with one attached hydrogen (secondary N) is 1. The smallest absolute Gasteiger partial charge is 0.0845 e. The molecule has 0 aliphatic heterocycles. The Morgan fingerprint density at radius 2 is 2.00 bits per heavy atom. The molecule has 2 heterocycles. The minimum atomic E-state index is 0.194. The quantitative estimate of drug-likeness (QED) is 0.751. The molecule has 0 saturated carbocycles. The van der Waals surface area contributed by atoms with Crippen molar-refractivity contribution >= 4 is 22.2 Å². The summed E-state index contributed by atoms with van der Waals surface area (Å²) in [6.07, 6.45) is 1.12. The molecule has 3 heteroatoms. The summed E-state index contributed by atoms with van der Waals surface area (Å²) in [7, 11) is 0. The highest BCUT2D eigenvalue weighted by molar-refractivity contribution is 7.10. The summed E-state index contributed by atoms with van der Waals surface area (Å²) in [4.78, 5) is 6.15. The lowest BCUT2D eigenvalue weighted by Crippen LogP contribution is -2.23. The van der Waals surface area contributed by atoms with Crippen LogP contribution in [0.1, 0.15) is 30.0 Å². The summed E-state index contributed by atoms with van der Waals surface area (Å²) in [6.45, 7) is 3.18. The Morgan fingerprint density at radius 1 is 1.10 bits per heavy atom. The summed E-state index contributed by atoms with van der Waals surface area (Å²) in [5.74, 6) is 0. The minimum Gasteiger partial charge on any atom is -0.304 e. The van der Waals surface area contributed by atoms with Crippen LogP contribution in [0.3, 0.4) is 0 Å². The van der Waals surface area contributed by atoms with E-state index in [1.807, 2.05) is 6.07 Å². The molecule has 2 aromatic heterocycles. The second kappa shape index (κ2) is 6.16. The molecule has 1 unspecified atom stereocenters. The van der Waals surface area contributed by atoms with E-state index >= 15 is 0 Å². The van der Waals surface area contributed by atoms with E-state index in [9.17, 15) is 0 Å². The molecule has 3 rings (SSSR count). The molecule has 1 N–H and O–H groups in total. The fourth-order valence-electron chi connectivity index (χ4n) is 2.34. The van der Waals surface area contributed by atoms with Crippen molar-refractivity contribution in [2.24, 2.45) is 0 Å². The first-order valence-electron chi connectivity index (χ1n) is 7.01. The molecule has 0 amide bonds. The van der Waals surface area contributed by atoms with Gasteiger partial charge >= 0.3 is 0 Å². The number of benzene rings is 1. The van der Waals surface area contributed by atoms with Gasteiger partial charge in [0.15, 0.2) is 0 Å². The number of rotatable bonds is 5. The molecule has 1 atom stereocenters. The van der Waals surface area contributed by atoms with E-state index < -0.39 is 0 Å². The number of hydrogen-bond donors (Lipinski definition) is 1. The Bertz CT molecular complexity index is 676. The predicted molar refractivity (Wildman–Crippen MR) is 86.2 cm³/mol. The van der Waals surface area contributed by atoms with Gasteiger partial charge in [-0.25, -0.2) is 0 Å². The van der Waals surface area contributed by atoms with Crippen LogP contribution < -0.4 is 5.32 Å². The maximum absolute atomic E-state index is 4.83. The van der Waals surface area contributed by atoms with Crippen LogP contribution in [0, 0.1) is 0 Å². The lowest BCUT2D eigenvalue weighted by molar-refractivity contribution is 0.595. The van der Waals surface area contributed by atoms with Crippen LogP contribution in [-0.4, -0.2) is 11.5 Å². The number of thiophene rings is 1. The van der Waals surface area contributed by atoms with Crippen LogP contribution in [0.4, 0.5) is 0 Å². The van der Waals surface area contributed by atoms with E-state index in [0.29, 0.717) is 0 Å². The van der Waals surface area contributed by atoms with Crippen LogP contribution in [0.5, 0.6) is 0 Å². The number of hydrogen-bond acceptors (Lipinski definition) is 3. The highest BCUT2D eigenvalue weighted by Gasteiger charge is 2.15. The molecule has 0 aliphatic rings. The van der Waals surface area contributed by atoms with Gasteiger partial charge in [0.25, 0.3) is 0 Å². The van der Waals surface area contributed by atoms with Crippen LogP contribution in [0.15, 0.2) is 53.9 Å². The average Bonchev–Trinajstić information content (AvgIpc) is 3.02. The lowest BCUT2D eigenvalue weighted by Gasteiger charge is -2.17. The molecule has 0 bridgehead atoms. The van der Waals surface area contributed by atoms with Crippen molar-refractivity contribution < 1.29 is 0 Å². The van der Waals surface area contributed by atoms with Crippen molar-refractivity contribution in [3.8, 4) is 0 Å². The van der Waals surface area contributed by atoms with Gasteiger partial charge in [0.1, 0.15) is 0 Å². The number of pyridine rings is 1. The molecule has 20 heavy (non-hydrogen) atoms. The van der Waals surface area contributed by atoms with Gasteiger partial charge in [-0.2, -0.15) is 0 Å². The second-order valence-electron chi connectivity index (χ2n) is 4.83. The molecule has 1 aromatic carbocycles. The van der Waals surface area contributed by atoms with Gasteiger partial charge in [0.05, 0.1) is 17.3 Å². The predicted octanol–water partition coefficient (Wildman–Crippen LogP) is 4.39. The Hall–Kier alpha value is -1.71. The van der Waals surface area contributed by atoms with Crippen molar-refractivity contribution in [1.29, 1.82) is 0 Å². The van der Waals surface area contributed by atoms with Crippen molar-refractivity contribution in [3.63, 3.8) is 0 Å². The zero-order valence-corrected chi connectivity index (χ0v) is 12.4. The Balaban J connectivity index is 1.99. The van der Waals surface area contributed by atoms with Gasteiger partial charge in [-0.15, -0.1) is 11.3 Å². The van der Waals surface area contributed by atoms with Crippen LogP contribution in [-0.2, 0) is 0 Å². The molecular formula is C17H18N2S. The van der Waals surface area contributed by atoms with Gasteiger partial charge < -0.3 is 5.32 Å². The Morgan fingerprint density at radius 3 is 2.80 bits per heavy atom. The van der Waals surface area contributed by atoms with Crippen LogP contribution in [0.25, 0.3) is 10.9 Å². The molecule has 0 saturated heterocycles. The Kier molecular flexibility index (Phi) is 4.09. The van der Waals surface area contributed by atoms with E-state index in [0.717, 1.165) is 24.2 Å². The minimum absolute atomic E-state index is 0.194. The number of nitrogens with zero attached hydrogens (tertiary/aromatic N) is 1. The number of para-hydroxylation sites is 1. The summed E-state index contributed by atoms with van der Waals surface area (Å²) in [6, 6.07) is 17.0. The molecular weight excluding hydrogens is 264 g/mol. The topological polar surface area (TPSA) is 24.9 Å². The van der Waals surface area contributed by atoms with E-state index in [1.165, 1.54) is 10.3 Å². The first-order chi connectivity index (χ1) is 9.88. The van der Waals surface area contributed by atoms with E-state index in [-0.39, 0.29) is 6.04 Å². The van der Waals surface area contributed by atoms with Crippen molar-refractivity contribution in [1.82, 2.24) is 10.3 Å². The maximum atomic E-state index is 4.83. The third-order valence-electron chi connectivity index (χ3n) is 3.34. The zero-order valence-electron chi connectivity index (χ0n) is 11.5. The van der Waals surface area contributed by atoms with Gasteiger partial charge in [-0.1, -0.05) is 37.3 Å². The Labute approximate surface area is 123 Å². The standard InChI is InChI=1S/C17H18N2S/c1-2-11-18-17(16-8-5-12-20-16)15-10-9-13-6-3-4-7-14(13)19-15/h3-10,12,17-18H,2,11H2,1H3. The fourth-order valence-corrected chi connectivity index (χ4v) is 3.15. The van der Waals surface area contributed by atoms with Gasteiger partial charge in [-0.3, -0.25) is 4.98 Å². The van der Waals surface area contributed by atoms with Crippen molar-refractivity contribution in [3.05, 3.63) is 64.5 Å². The summed E-state index contributed by atoms with van der Waals surface area (Å²) >= 11 is 1.78. The summed E-state index contributed by atoms with van der Waals surface area (Å²) in [5.41, 5.74) is 2.16. The molecule has 3 aromatic rings. The number of aromatic nitrogens is 1. The summed E-state index contributed by atoms with van der Waals surface area (Å²) < 4.78 is 0. The molecule has 0 radical (unpaired) electrons. The normalized spacial score (nSPS) is 12.7. The molecule has 102 valence electrons. The zero-order chi connectivity index (χ0) is 13.8. The van der Waals surface area contributed by atoms with Crippen molar-refractivity contribution in [2.45, 2.75) is 19.4 Å². The van der Waals surface area contributed by atoms with E-state index in [2.05, 4.69) is 60.1 Å².